The highest BCUT2D eigenvalue weighted by atomic mass is 32.1. The number of carbonyl (C=O) groups excluding carboxylic acids is 3. The number of Topliss-reactive ketones (excluding diaryl/α,β-unsaturated/α-hetero) is 1. The highest BCUT2D eigenvalue weighted by molar-refractivity contribution is 7.12. The largest absolute Gasteiger partial charge is 0.497 e. The molecule has 1 amide bonds. The van der Waals surface area contributed by atoms with E-state index in [1.807, 2.05) is 5.38 Å². The van der Waals surface area contributed by atoms with Gasteiger partial charge in [-0.2, -0.15) is 0 Å². The summed E-state index contributed by atoms with van der Waals surface area (Å²) in [7, 11) is 1.55. The van der Waals surface area contributed by atoms with E-state index in [2.05, 4.69) is 0 Å². The Hall–Kier alpha value is -2.67. The van der Waals surface area contributed by atoms with Gasteiger partial charge in [-0.3, -0.25) is 9.59 Å². The first-order valence-corrected chi connectivity index (χ1v) is 9.16. The topological polar surface area (TPSA) is 72.9 Å². The van der Waals surface area contributed by atoms with Gasteiger partial charge in [0.05, 0.1) is 12.0 Å². The van der Waals surface area contributed by atoms with Gasteiger partial charge in [0.15, 0.2) is 12.4 Å². The fraction of sp³-hybridized carbons (Fsp3) is 0.316. The van der Waals surface area contributed by atoms with Crippen LogP contribution in [0.1, 0.15) is 32.9 Å². The molecule has 2 aromatic rings. The first-order valence-electron chi connectivity index (χ1n) is 8.28. The molecule has 0 bridgehead atoms. The van der Waals surface area contributed by atoms with E-state index >= 15 is 0 Å². The Bertz CT molecular complexity index is 785. The predicted octanol–water partition coefficient (Wildman–Crippen LogP) is 2.79. The predicted molar refractivity (Wildman–Crippen MR) is 96.7 cm³/mol. The van der Waals surface area contributed by atoms with E-state index < -0.39 is 12.0 Å². The first kappa shape index (κ1) is 18.1. The zero-order chi connectivity index (χ0) is 18.5. The minimum atomic E-state index is -0.631. The number of nitrogens with zero attached hydrogens (tertiary/aromatic N) is 1. The Morgan fingerprint density at radius 2 is 1.96 bits per heavy atom. The number of likely N-dealkylation sites (tertiary alicyclic amines) is 1. The number of ketones is 1. The van der Waals surface area contributed by atoms with E-state index in [-0.39, 0.29) is 18.3 Å². The summed E-state index contributed by atoms with van der Waals surface area (Å²) in [6.07, 6.45) is 1.29. The van der Waals surface area contributed by atoms with Crippen molar-refractivity contribution in [3.63, 3.8) is 0 Å². The van der Waals surface area contributed by atoms with E-state index in [0.717, 1.165) is 6.42 Å². The van der Waals surface area contributed by atoms with E-state index in [0.29, 0.717) is 29.2 Å². The quantitative estimate of drug-likeness (QED) is 0.575. The second kappa shape index (κ2) is 8.14. The molecular weight excluding hydrogens is 354 g/mol. The van der Waals surface area contributed by atoms with Gasteiger partial charge in [-0.15, -0.1) is 11.3 Å². The molecule has 1 fully saturated rings. The average molecular weight is 373 g/mol. The second-order valence-electron chi connectivity index (χ2n) is 5.89. The van der Waals surface area contributed by atoms with Gasteiger partial charge in [-0.1, -0.05) is 6.07 Å². The van der Waals surface area contributed by atoms with Gasteiger partial charge in [0.1, 0.15) is 11.8 Å². The van der Waals surface area contributed by atoms with Crippen molar-refractivity contribution >= 4 is 29.0 Å². The van der Waals surface area contributed by atoms with Crippen LogP contribution in [0.4, 0.5) is 0 Å². The fourth-order valence-corrected chi connectivity index (χ4v) is 3.57. The van der Waals surface area contributed by atoms with Crippen LogP contribution < -0.4 is 4.74 Å². The Balaban J connectivity index is 1.58. The minimum Gasteiger partial charge on any atom is -0.497 e. The number of ether oxygens (including phenoxy) is 2. The van der Waals surface area contributed by atoms with E-state index in [9.17, 15) is 14.4 Å². The normalized spacial score (nSPS) is 16.3. The molecule has 1 atom stereocenters. The fourth-order valence-electron chi connectivity index (χ4n) is 2.89. The van der Waals surface area contributed by atoms with E-state index in [4.69, 9.17) is 9.47 Å². The van der Waals surface area contributed by atoms with Crippen LogP contribution in [-0.2, 0) is 9.53 Å². The summed E-state index contributed by atoms with van der Waals surface area (Å²) in [5.41, 5.74) is 0.441. The molecule has 1 aromatic carbocycles. The lowest BCUT2D eigenvalue weighted by molar-refractivity contribution is -0.147. The maximum atomic E-state index is 12.5. The number of hydrogen-bond acceptors (Lipinski definition) is 6. The van der Waals surface area contributed by atoms with Crippen LogP contribution in [0.2, 0.25) is 0 Å². The summed E-state index contributed by atoms with van der Waals surface area (Å²) in [5, 5.41) is 1.82. The maximum Gasteiger partial charge on any atom is 0.329 e. The van der Waals surface area contributed by atoms with Crippen LogP contribution in [0.3, 0.4) is 0 Å². The van der Waals surface area contributed by atoms with Crippen molar-refractivity contribution in [2.24, 2.45) is 0 Å². The summed E-state index contributed by atoms with van der Waals surface area (Å²) >= 11 is 1.34. The third-order valence-corrected chi connectivity index (χ3v) is 5.13. The highest BCUT2D eigenvalue weighted by Gasteiger charge is 2.36. The molecule has 1 saturated heterocycles. The summed E-state index contributed by atoms with van der Waals surface area (Å²) in [4.78, 5) is 39.2. The molecular formula is C19H19NO5S. The van der Waals surface area contributed by atoms with Crippen LogP contribution in [0.5, 0.6) is 5.75 Å². The number of benzene rings is 1. The third kappa shape index (κ3) is 3.94. The van der Waals surface area contributed by atoms with Crippen LogP contribution in [0.15, 0.2) is 41.8 Å². The Morgan fingerprint density at radius 3 is 2.62 bits per heavy atom. The second-order valence-corrected chi connectivity index (χ2v) is 6.84. The minimum absolute atomic E-state index is 0.166. The summed E-state index contributed by atoms with van der Waals surface area (Å²) in [5.74, 6) is -0.349. The van der Waals surface area contributed by atoms with Crippen LogP contribution in [-0.4, -0.2) is 48.9 Å². The Morgan fingerprint density at radius 1 is 1.19 bits per heavy atom. The highest BCUT2D eigenvalue weighted by Crippen LogP contribution is 2.23. The van der Waals surface area contributed by atoms with Gasteiger partial charge in [-0.25, -0.2) is 4.79 Å². The molecule has 1 aliphatic rings. The van der Waals surface area contributed by atoms with Crippen molar-refractivity contribution in [3.05, 3.63) is 52.2 Å². The standard InChI is InChI=1S/C19H19NO5S/c1-24-14-8-6-13(7-9-14)16(21)12-25-19(23)15-4-2-10-20(15)18(22)17-5-3-11-26-17/h3,5-9,11,15H,2,4,10,12H2,1H3. The summed E-state index contributed by atoms with van der Waals surface area (Å²) < 4.78 is 10.2. The zero-order valence-electron chi connectivity index (χ0n) is 14.3. The smallest absolute Gasteiger partial charge is 0.329 e. The molecule has 0 spiro atoms. The SMILES string of the molecule is COc1ccc(C(=O)COC(=O)C2CCCN2C(=O)c2cccs2)cc1. The van der Waals surface area contributed by atoms with Crippen molar-refractivity contribution in [1.29, 1.82) is 0 Å². The molecule has 0 aliphatic carbocycles. The Labute approximate surface area is 155 Å². The van der Waals surface area contributed by atoms with Gasteiger partial charge in [0, 0.05) is 12.1 Å². The molecule has 0 N–H and O–H groups in total. The number of methoxy groups -OCH3 is 1. The first-order chi connectivity index (χ1) is 12.6. The molecule has 136 valence electrons. The van der Waals surface area contributed by atoms with Crippen molar-refractivity contribution in [2.45, 2.75) is 18.9 Å². The van der Waals surface area contributed by atoms with Crippen LogP contribution in [0, 0.1) is 0 Å². The van der Waals surface area contributed by atoms with Crippen molar-refractivity contribution in [3.8, 4) is 5.75 Å². The molecule has 26 heavy (non-hydrogen) atoms. The molecule has 1 unspecified atom stereocenters. The van der Waals surface area contributed by atoms with Gasteiger partial charge < -0.3 is 14.4 Å². The molecule has 1 aliphatic heterocycles. The summed E-state index contributed by atoms with van der Waals surface area (Å²) in [6.45, 7) is 0.172. The molecule has 6 nitrogen and oxygen atoms in total. The lowest BCUT2D eigenvalue weighted by Gasteiger charge is -2.22. The maximum absolute atomic E-state index is 12.5. The lowest BCUT2D eigenvalue weighted by Crippen LogP contribution is -2.41. The average Bonchev–Trinajstić information content (AvgIpc) is 3.37. The molecule has 3 rings (SSSR count). The number of rotatable bonds is 6. The van der Waals surface area contributed by atoms with Crippen LogP contribution in [0.25, 0.3) is 0 Å². The number of carbonyl (C=O) groups is 3. The van der Waals surface area contributed by atoms with Gasteiger partial charge in [-0.05, 0) is 48.6 Å². The van der Waals surface area contributed by atoms with Crippen molar-refractivity contribution < 1.29 is 23.9 Å². The van der Waals surface area contributed by atoms with Gasteiger partial charge in [0.25, 0.3) is 5.91 Å². The lowest BCUT2D eigenvalue weighted by atomic mass is 10.1. The van der Waals surface area contributed by atoms with Gasteiger partial charge >= 0.3 is 5.97 Å². The molecule has 7 heteroatoms. The molecule has 2 heterocycles. The third-order valence-electron chi connectivity index (χ3n) is 4.28. The molecule has 0 saturated carbocycles. The molecule has 1 aromatic heterocycles. The van der Waals surface area contributed by atoms with E-state index in [1.165, 1.54) is 16.2 Å². The number of esters is 1. The van der Waals surface area contributed by atoms with Crippen molar-refractivity contribution in [1.82, 2.24) is 4.90 Å². The van der Waals surface area contributed by atoms with Crippen molar-refractivity contribution in [2.75, 3.05) is 20.3 Å². The summed E-state index contributed by atoms with van der Waals surface area (Å²) in [6, 6.07) is 9.50. The van der Waals surface area contributed by atoms with Gasteiger partial charge in [0.2, 0.25) is 0 Å². The number of hydrogen-bond donors (Lipinski definition) is 0. The zero-order valence-corrected chi connectivity index (χ0v) is 15.2. The molecule has 0 radical (unpaired) electrons. The monoisotopic (exact) mass is 373 g/mol. The number of thiophene rings is 1. The van der Waals surface area contributed by atoms with Crippen LogP contribution >= 0.6 is 11.3 Å². The van der Waals surface area contributed by atoms with E-state index in [1.54, 1.807) is 43.5 Å². The number of amides is 1. The Kier molecular flexibility index (Phi) is 5.68.